The Morgan fingerprint density at radius 3 is 2.42 bits per heavy atom. The van der Waals surface area contributed by atoms with E-state index in [9.17, 15) is 9.59 Å². The minimum Gasteiger partial charge on any atom is -0.493 e. The lowest BCUT2D eigenvalue weighted by atomic mass is 9.80. The smallest absolute Gasteiger partial charge is 0.335 e. The van der Waals surface area contributed by atoms with Crippen LogP contribution in [-0.4, -0.2) is 29.2 Å². The topological polar surface area (TPSA) is 63.6 Å². The van der Waals surface area contributed by atoms with Gasteiger partial charge in [-0.05, 0) is 54.3 Å². The summed E-state index contributed by atoms with van der Waals surface area (Å²) in [6.07, 6.45) is 1.06. The van der Waals surface area contributed by atoms with Crippen molar-refractivity contribution >= 4 is 23.5 Å². The third-order valence-electron chi connectivity index (χ3n) is 4.73. The summed E-state index contributed by atoms with van der Waals surface area (Å²) < 4.78 is 5.75. The predicted octanol–water partition coefficient (Wildman–Crippen LogP) is 4.79. The third-order valence-corrected chi connectivity index (χ3v) is 5.79. The Labute approximate surface area is 157 Å². The first kappa shape index (κ1) is 18.5. The number of hydrogen-bond acceptors (Lipinski definition) is 4. The predicted molar refractivity (Wildman–Crippen MR) is 103 cm³/mol. The Morgan fingerprint density at radius 2 is 1.81 bits per heavy atom. The maximum absolute atomic E-state index is 13.1. The zero-order valence-corrected chi connectivity index (χ0v) is 16.0. The number of carboxylic acids is 1. The quantitative estimate of drug-likeness (QED) is 0.767. The first-order valence-electron chi connectivity index (χ1n) is 8.65. The number of ketones is 1. The Bertz CT molecular complexity index is 853. The molecule has 3 rings (SSSR count). The molecule has 0 spiro atoms. The molecule has 2 aromatic carbocycles. The van der Waals surface area contributed by atoms with E-state index in [2.05, 4.69) is 13.8 Å². The van der Waals surface area contributed by atoms with Crippen LogP contribution in [0.15, 0.2) is 41.3 Å². The number of carboxylic acid groups (broad SMARTS) is 1. The van der Waals surface area contributed by atoms with Gasteiger partial charge in [0, 0.05) is 10.5 Å². The first-order chi connectivity index (χ1) is 12.3. The molecule has 0 amide bonds. The van der Waals surface area contributed by atoms with Gasteiger partial charge in [-0.3, -0.25) is 4.79 Å². The number of thioether (sulfide) groups is 1. The van der Waals surface area contributed by atoms with E-state index in [1.54, 1.807) is 23.9 Å². The van der Waals surface area contributed by atoms with Crippen LogP contribution in [0.1, 0.15) is 59.0 Å². The molecular weight excluding hydrogens is 348 g/mol. The number of carbonyl (C=O) groups is 2. The van der Waals surface area contributed by atoms with E-state index in [0.717, 1.165) is 12.2 Å². The van der Waals surface area contributed by atoms with Crippen molar-refractivity contribution in [2.75, 3.05) is 12.4 Å². The molecule has 0 bridgehead atoms. The maximum Gasteiger partial charge on any atom is 0.335 e. The van der Waals surface area contributed by atoms with Crippen molar-refractivity contribution in [3.63, 3.8) is 0 Å². The van der Waals surface area contributed by atoms with E-state index < -0.39 is 5.97 Å². The second-order valence-corrected chi connectivity index (χ2v) is 8.11. The molecule has 2 aromatic rings. The van der Waals surface area contributed by atoms with Crippen LogP contribution in [0.25, 0.3) is 0 Å². The molecule has 0 unspecified atom stereocenters. The van der Waals surface area contributed by atoms with Crippen molar-refractivity contribution < 1.29 is 19.4 Å². The highest BCUT2D eigenvalue weighted by Crippen LogP contribution is 2.44. The van der Waals surface area contributed by atoms with E-state index in [0.29, 0.717) is 23.5 Å². The average molecular weight is 370 g/mol. The number of fused-ring (bicyclic) bond motifs is 1. The van der Waals surface area contributed by atoms with E-state index in [4.69, 9.17) is 9.84 Å². The largest absolute Gasteiger partial charge is 0.493 e. The molecule has 0 aromatic heterocycles. The summed E-state index contributed by atoms with van der Waals surface area (Å²) in [5.74, 6) is 0.477. The van der Waals surface area contributed by atoms with Gasteiger partial charge in [-0.2, -0.15) is 0 Å². The van der Waals surface area contributed by atoms with Gasteiger partial charge >= 0.3 is 5.97 Å². The van der Waals surface area contributed by atoms with Crippen molar-refractivity contribution in [3.05, 3.63) is 58.7 Å². The van der Waals surface area contributed by atoms with Gasteiger partial charge in [0.1, 0.15) is 5.75 Å². The fraction of sp³-hybridized carbons (Fsp3) is 0.333. The molecule has 26 heavy (non-hydrogen) atoms. The number of hydrogen-bond donors (Lipinski definition) is 1. The Balaban J connectivity index is 2.07. The van der Waals surface area contributed by atoms with E-state index >= 15 is 0 Å². The van der Waals surface area contributed by atoms with E-state index in [1.807, 2.05) is 19.1 Å². The minimum atomic E-state index is -1.01. The molecule has 0 radical (unpaired) electrons. The van der Waals surface area contributed by atoms with Crippen LogP contribution in [0.5, 0.6) is 5.75 Å². The van der Waals surface area contributed by atoms with E-state index in [1.165, 1.54) is 22.6 Å². The summed E-state index contributed by atoms with van der Waals surface area (Å²) in [5, 5.41) is 9.03. The summed E-state index contributed by atoms with van der Waals surface area (Å²) in [4.78, 5) is 25.3. The van der Waals surface area contributed by atoms with Gasteiger partial charge in [-0.25, -0.2) is 4.79 Å². The molecule has 1 N–H and O–H groups in total. The fourth-order valence-electron chi connectivity index (χ4n) is 3.13. The van der Waals surface area contributed by atoms with Crippen LogP contribution < -0.4 is 4.74 Å². The molecular formula is C21H22O4S. The van der Waals surface area contributed by atoms with E-state index in [-0.39, 0.29) is 16.8 Å². The van der Waals surface area contributed by atoms with Crippen LogP contribution in [-0.2, 0) is 5.41 Å². The molecule has 136 valence electrons. The number of carbonyl (C=O) groups excluding carboxylic acids is 1. The van der Waals surface area contributed by atoms with Crippen LogP contribution in [0, 0.1) is 0 Å². The summed E-state index contributed by atoms with van der Waals surface area (Å²) in [6, 6.07) is 9.95. The molecule has 1 aliphatic rings. The van der Waals surface area contributed by atoms with Crippen LogP contribution in [0.2, 0.25) is 0 Å². The highest BCUT2D eigenvalue weighted by Gasteiger charge is 2.30. The van der Waals surface area contributed by atoms with Gasteiger partial charge in [-0.15, -0.1) is 11.8 Å². The van der Waals surface area contributed by atoms with Gasteiger partial charge in [0.05, 0.1) is 17.7 Å². The SMILES string of the molecule is CCOc1cc2c(cc1C(=O)c1ccc(C(=O)O)cc1)C(C)(C)CCS2. The monoisotopic (exact) mass is 370 g/mol. The van der Waals surface area contributed by atoms with Crippen molar-refractivity contribution in [1.82, 2.24) is 0 Å². The molecule has 0 fully saturated rings. The Morgan fingerprint density at radius 1 is 1.15 bits per heavy atom. The van der Waals surface area contributed by atoms with Gasteiger partial charge in [0.25, 0.3) is 0 Å². The Kier molecular flexibility index (Phi) is 5.10. The summed E-state index contributed by atoms with van der Waals surface area (Å²) in [5.41, 5.74) is 2.33. The zero-order valence-electron chi connectivity index (χ0n) is 15.2. The highest BCUT2D eigenvalue weighted by molar-refractivity contribution is 7.99. The lowest BCUT2D eigenvalue weighted by molar-refractivity contribution is 0.0696. The molecule has 1 heterocycles. The molecule has 1 aliphatic heterocycles. The van der Waals surface area contributed by atoms with Gasteiger partial charge < -0.3 is 9.84 Å². The lowest BCUT2D eigenvalue weighted by Gasteiger charge is -2.33. The highest BCUT2D eigenvalue weighted by atomic mass is 32.2. The third kappa shape index (κ3) is 3.49. The Hall–Kier alpha value is -2.27. The second-order valence-electron chi connectivity index (χ2n) is 6.97. The average Bonchev–Trinajstić information content (AvgIpc) is 2.61. The van der Waals surface area contributed by atoms with Crippen molar-refractivity contribution in [2.24, 2.45) is 0 Å². The summed E-state index contributed by atoms with van der Waals surface area (Å²) in [6.45, 7) is 6.77. The molecule has 0 saturated heterocycles. The van der Waals surface area contributed by atoms with Crippen molar-refractivity contribution in [3.8, 4) is 5.75 Å². The summed E-state index contributed by atoms with van der Waals surface area (Å²) >= 11 is 1.80. The molecule has 4 nitrogen and oxygen atoms in total. The van der Waals surface area contributed by atoms with Crippen LogP contribution in [0.4, 0.5) is 0 Å². The normalized spacial score (nSPS) is 15.2. The summed E-state index contributed by atoms with van der Waals surface area (Å²) in [7, 11) is 0. The van der Waals surface area contributed by atoms with Gasteiger partial charge in [0.15, 0.2) is 5.78 Å². The number of benzene rings is 2. The second kappa shape index (κ2) is 7.16. The zero-order chi connectivity index (χ0) is 18.9. The maximum atomic E-state index is 13.1. The molecule has 0 atom stereocenters. The van der Waals surface area contributed by atoms with Crippen molar-refractivity contribution in [1.29, 1.82) is 0 Å². The van der Waals surface area contributed by atoms with Gasteiger partial charge in [-0.1, -0.05) is 26.0 Å². The molecule has 0 aliphatic carbocycles. The standard InChI is InChI=1S/C21H22O4S/c1-4-25-17-12-18-16(21(2,3)9-10-26-18)11-15(17)19(22)13-5-7-14(8-6-13)20(23)24/h5-8,11-12H,4,9-10H2,1-3H3,(H,23,24). The van der Waals surface area contributed by atoms with Crippen LogP contribution >= 0.6 is 11.8 Å². The first-order valence-corrected chi connectivity index (χ1v) is 9.64. The van der Waals surface area contributed by atoms with Crippen LogP contribution in [0.3, 0.4) is 0 Å². The minimum absolute atomic E-state index is 0.00746. The lowest BCUT2D eigenvalue weighted by Crippen LogP contribution is -2.23. The number of rotatable bonds is 5. The molecule has 0 saturated carbocycles. The fourth-order valence-corrected chi connectivity index (χ4v) is 4.65. The number of aromatic carboxylic acids is 1. The van der Waals surface area contributed by atoms with Gasteiger partial charge in [0.2, 0.25) is 0 Å². The molecule has 5 heteroatoms. The number of ether oxygens (including phenoxy) is 1. The van der Waals surface area contributed by atoms with Crippen molar-refractivity contribution in [2.45, 2.75) is 37.5 Å².